The molecule has 0 aromatic rings. The first kappa shape index (κ1) is 23.2. The fourth-order valence-electron chi connectivity index (χ4n) is 11.4. The molecule has 5 saturated carbocycles. The molecule has 182 valence electrons. The van der Waals surface area contributed by atoms with E-state index in [2.05, 4.69) is 41.5 Å². The SMILES string of the molecule is C[C@H]1CCC[C@@H]2[C@]1(C)CC[C@H]1[C@@]2(C)CC[C@@]2(C)[C@@H]3C[C@](C)(C(=O)O)CC[C@]3(C)CC[C@]12C. The summed E-state index contributed by atoms with van der Waals surface area (Å²) in [6.45, 7) is 17.8. The Morgan fingerprint density at radius 1 is 0.688 bits per heavy atom. The van der Waals surface area contributed by atoms with Crippen LogP contribution >= 0.6 is 0 Å². The number of fused-ring (bicyclic) bond motifs is 7. The Balaban J connectivity index is 1.54. The van der Waals surface area contributed by atoms with E-state index >= 15 is 0 Å². The Hall–Kier alpha value is -0.530. The fourth-order valence-corrected chi connectivity index (χ4v) is 11.4. The third kappa shape index (κ3) is 2.68. The van der Waals surface area contributed by atoms with Crippen LogP contribution in [0.2, 0.25) is 0 Å². The van der Waals surface area contributed by atoms with Gasteiger partial charge in [-0.15, -0.1) is 0 Å². The van der Waals surface area contributed by atoms with E-state index in [1.807, 2.05) is 6.92 Å². The molecule has 2 heteroatoms. The van der Waals surface area contributed by atoms with Crippen LogP contribution in [0.25, 0.3) is 0 Å². The van der Waals surface area contributed by atoms with E-state index in [1.165, 1.54) is 57.8 Å². The van der Waals surface area contributed by atoms with Crippen LogP contribution in [0.5, 0.6) is 0 Å². The Labute approximate surface area is 197 Å². The van der Waals surface area contributed by atoms with Crippen molar-refractivity contribution in [3.63, 3.8) is 0 Å². The van der Waals surface area contributed by atoms with Gasteiger partial charge in [-0.1, -0.05) is 54.4 Å². The van der Waals surface area contributed by atoms with Crippen molar-refractivity contribution in [2.24, 2.45) is 56.2 Å². The highest BCUT2D eigenvalue weighted by atomic mass is 16.4. The number of carbonyl (C=O) groups is 1. The lowest BCUT2D eigenvalue weighted by molar-refractivity contribution is -0.258. The largest absolute Gasteiger partial charge is 0.481 e. The normalized spacial score (nSPS) is 59.8. The molecule has 0 heterocycles. The number of carboxylic acid groups (broad SMARTS) is 1. The Kier molecular flexibility index (Phi) is 4.92. The molecule has 32 heavy (non-hydrogen) atoms. The van der Waals surface area contributed by atoms with E-state index in [0.717, 1.165) is 37.0 Å². The van der Waals surface area contributed by atoms with Gasteiger partial charge < -0.3 is 5.11 Å². The first-order valence-electron chi connectivity index (χ1n) is 14.0. The van der Waals surface area contributed by atoms with Crippen molar-refractivity contribution < 1.29 is 9.90 Å². The van der Waals surface area contributed by atoms with Crippen LogP contribution in [0.1, 0.15) is 126 Å². The molecule has 0 amide bonds. The molecule has 0 unspecified atom stereocenters. The summed E-state index contributed by atoms with van der Waals surface area (Å²) >= 11 is 0. The zero-order valence-corrected chi connectivity index (χ0v) is 22.2. The van der Waals surface area contributed by atoms with Crippen LogP contribution in [-0.4, -0.2) is 11.1 Å². The number of rotatable bonds is 1. The third-order valence-corrected chi connectivity index (χ3v) is 14.1. The summed E-state index contributed by atoms with van der Waals surface area (Å²) in [7, 11) is 0. The number of aliphatic carboxylic acids is 1. The van der Waals surface area contributed by atoms with E-state index < -0.39 is 11.4 Å². The van der Waals surface area contributed by atoms with Gasteiger partial charge in [-0.3, -0.25) is 4.79 Å². The van der Waals surface area contributed by atoms with Crippen LogP contribution in [0, 0.1) is 56.2 Å². The molecule has 1 N–H and O–H groups in total. The summed E-state index contributed by atoms with van der Waals surface area (Å²) < 4.78 is 0. The highest BCUT2D eigenvalue weighted by Crippen LogP contribution is 2.78. The van der Waals surface area contributed by atoms with Crippen LogP contribution in [0.4, 0.5) is 0 Å². The number of hydrogen-bond acceptors (Lipinski definition) is 1. The van der Waals surface area contributed by atoms with Crippen molar-refractivity contribution in [2.75, 3.05) is 0 Å². The Bertz CT molecular complexity index is 805. The summed E-state index contributed by atoms with van der Waals surface area (Å²) in [4.78, 5) is 12.3. The van der Waals surface area contributed by atoms with Gasteiger partial charge >= 0.3 is 5.97 Å². The van der Waals surface area contributed by atoms with Gasteiger partial charge in [-0.05, 0) is 122 Å². The highest BCUT2D eigenvalue weighted by Gasteiger charge is 2.70. The summed E-state index contributed by atoms with van der Waals surface area (Å²) in [5, 5.41) is 10.1. The molecule has 5 aliphatic rings. The van der Waals surface area contributed by atoms with Crippen LogP contribution in [-0.2, 0) is 4.79 Å². The van der Waals surface area contributed by atoms with Crippen LogP contribution in [0.3, 0.4) is 0 Å². The van der Waals surface area contributed by atoms with Crippen LogP contribution in [0.15, 0.2) is 0 Å². The van der Waals surface area contributed by atoms with Crippen molar-refractivity contribution >= 4 is 5.97 Å². The first-order valence-corrected chi connectivity index (χ1v) is 14.0. The molecule has 5 rings (SSSR count). The molecule has 5 aliphatic carbocycles. The molecule has 0 spiro atoms. The molecule has 0 aromatic carbocycles. The van der Waals surface area contributed by atoms with Gasteiger partial charge in [-0.2, -0.15) is 0 Å². The zero-order chi connectivity index (χ0) is 23.4. The maximum atomic E-state index is 12.3. The van der Waals surface area contributed by atoms with Crippen LogP contribution < -0.4 is 0 Å². The smallest absolute Gasteiger partial charge is 0.309 e. The molecule has 2 nitrogen and oxygen atoms in total. The average molecular weight is 443 g/mol. The van der Waals surface area contributed by atoms with Gasteiger partial charge in [0.25, 0.3) is 0 Å². The maximum Gasteiger partial charge on any atom is 0.309 e. The molecule has 0 radical (unpaired) electrons. The van der Waals surface area contributed by atoms with Crippen molar-refractivity contribution in [1.29, 1.82) is 0 Å². The Morgan fingerprint density at radius 2 is 1.31 bits per heavy atom. The summed E-state index contributed by atoms with van der Waals surface area (Å²) in [5.41, 5.74) is 1.42. The van der Waals surface area contributed by atoms with Crippen molar-refractivity contribution in [3.05, 3.63) is 0 Å². The Morgan fingerprint density at radius 3 is 2.00 bits per heavy atom. The second-order valence-corrected chi connectivity index (χ2v) is 15.1. The molecule has 0 aromatic heterocycles. The van der Waals surface area contributed by atoms with E-state index in [9.17, 15) is 9.90 Å². The zero-order valence-electron chi connectivity index (χ0n) is 22.2. The fraction of sp³-hybridized carbons (Fsp3) is 0.967. The predicted molar refractivity (Wildman–Crippen MR) is 131 cm³/mol. The molecule has 0 bridgehead atoms. The average Bonchev–Trinajstić information content (AvgIpc) is 2.72. The molecular formula is C30H50O2. The molecule has 0 saturated heterocycles. The summed E-state index contributed by atoms with van der Waals surface area (Å²) in [5.74, 6) is 2.54. The number of carboxylic acids is 1. The second kappa shape index (κ2) is 6.78. The standard InChI is InChI=1S/C30H50O2/c1-20-9-8-10-21-27(20,4)12-11-22-28(21,5)16-18-30(7)23-19-26(3,24(31)32)14-13-25(23,2)15-17-29(22,30)6/h20-23H,8-19H2,1-7H3,(H,31,32)/t20-,21+,22-,23+,25+,26+,27+,28-,29+,30-/m0/s1. The van der Waals surface area contributed by atoms with E-state index in [0.29, 0.717) is 27.6 Å². The molecule has 5 fully saturated rings. The minimum Gasteiger partial charge on any atom is -0.481 e. The lowest BCUT2D eigenvalue weighted by Crippen LogP contribution is -2.67. The van der Waals surface area contributed by atoms with E-state index in [-0.39, 0.29) is 5.41 Å². The van der Waals surface area contributed by atoms with Gasteiger partial charge in [-0.25, -0.2) is 0 Å². The maximum absolute atomic E-state index is 12.3. The van der Waals surface area contributed by atoms with Crippen molar-refractivity contribution in [1.82, 2.24) is 0 Å². The number of hydrogen-bond donors (Lipinski definition) is 1. The van der Waals surface area contributed by atoms with Gasteiger partial charge in [0.1, 0.15) is 0 Å². The van der Waals surface area contributed by atoms with Gasteiger partial charge in [0.15, 0.2) is 0 Å². The van der Waals surface area contributed by atoms with E-state index in [1.54, 1.807) is 0 Å². The topological polar surface area (TPSA) is 37.3 Å². The van der Waals surface area contributed by atoms with Gasteiger partial charge in [0.05, 0.1) is 5.41 Å². The molecule has 0 aliphatic heterocycles. The van der Waals surface area contributed by atoms with Gasteiger partial charge in [0, 0.05) is 0 Å². The first-order chi connectivity index (χ1) is 14.8. The third-order valence-electron chi connectivity index (χ3n) is 14.1. The molecular weight excluding hydrogens is 392 g/mol. The van der Waals surface area contributed by atoms with Crippen molar-refractivity contribution in [3.8, 4) is 0 Å². The minimum atomic E-state index is -0.555. The lowest BCUT2D eigenvalue weighted by atomic mass is 9.30. The van der Waals surface area contributed by atoms with Crippen molar-refractivity contribution in [2.45, 2.75) is 126 Å². The second-order valence-electron chi connectivity index (χ2n) is 15.1. The quantitative estimate of drug-likeness (QED) is 0.443. The summed E-state index contributed by atoms with van der Waals surface area (Å²) in [6, 6.07) is 0. The highest BCUT2D eigenvalue weighted by molar-refractivity contribution is 5.74. The lowest BCUT2D eigenvalue weighted by Gasteiger charge is -2.74. The predicted octanol–water partition coefficient (Wildman–Crippen LogP) is 8.34. The monoisotopic (exact) mass is 442 g/mol. The summed E-state index contributed by atoms with van der Waals surface area (Å²) in [6.07, 6.45) is 15.3. The molecule has 10 atom stereocenters. The minimum absolute atomic E-state index is 0.273. The van der Waals surface area contributed by atoms with Gasteiger partial charge in [0.2, 0.25) is 0 Å². The van der Waals surface area contributed by atoms with E-state index in [4.69, 9.17) is 0 Å².